The van der Waals surface area contributed by atoms with Crippen molar-refractivity contribution in [3.05, 3.63) is 50.3 Å². The van der Waals surface area contributed by atoms with E-state index in [2.05, 4.69) is 9.88 Å². The van der Waals surface area contributed by atoms with E-state index in [4.69, 9.17) is 30.3 Å². The molecule has 0 radical (unpaired) electrons. The molecule has 0 spiro atoms. The Morgan fingerprint density at radius 1 is 1.29 bits per heavy atom. The zero-order valence-electron chi connectivity index (χ0n) is 18.5. The molecule has 1 aromatic carbocycles. The van der Waals surface area contributed by atoms with E-state index in [0.29, 0.717) is 28.3 Å². The maximum atomic E-state index is 13.5. The van der Waals surface area contributed by atoms with Crippen molar-refractivity contribution in [3.8, 4) is 17.6 Å². The minimum absolute atomic E-state index is 0.00734. The number of halogens is 1. The first-order chi connectivity index (χ1) is 16.2. The monoisotopic (exact) mass is 525 g/mol. The molecule has 0 aliphatic rings. The van der Waals surface area contributed by atoms with E-state index in [1.807, 2.05) is 6.07 Å². The predicted molar refractivity (Wildman–Crippen MR) is 124 cm³/mol. The molecule has 34 heavy (non-hydrogen) atoms. The molecule has 3 aromatic rings. The minimum Gasteiger partial charge on any atom is -0.493 e. The summed E-state index contributed by atoms with van der Waals surface area (Å²) < 4.78 is 49.3. The largest absolute Gasteiger partial charge is 0.493 e. The molecule has 2 heterocycles. The van der Waals surface area contributed by atoms with Gasteiger partial charge in [-0.25, -0.2) is 13.1 Å². The van der Waals surface area contributed by atoms with Crippen LogP contribution in [-0.4, -0.2) is 40.7 Å². The highest BCUT2D eigenvalue weighted by molar-refractivity contribution is 7.93. The van der Waals surface area contributed by atoms with E-state index in [1.54, 1.807) is 13.0 Å². The third-order valence-electron chi connectivity index (χ3n) is 4.83. The Bertz CT molecular complexity index is 1360. The topological polar surface area (TPSA) is 141 Å². The summed E-state index contributed by atoms with van der Waals surface area (Å²) in [6.45, 7) is 1.55. The number of nitrogens with one attached hydrogen (secondary N) is 1. The van der Waals surface area contributed by atoms with Gasteiger partial charge >= 0.3 is 0 Å². The van der Waals surface area contributed by atoms with E-state index in [9.17, 15) is 18.5 Å². The van der Waals surface area contributed by atoms with Crippen molar-refractivity contribution in [2.24, 2.45) is 0 Å². The van der Waals surface area contributed by atoms with Crippen LogP contribution in [-0.2, 0) is 21.2 Å². The average molecular weight is 526 g/mol. The summed E-state index contributed by atoms with van der Waals surface area (Å²) in [6.07, 6.45) is -1.25. The second-order valence-electron chi connectivity index (χ2n) is 6.85. The van der Waals surface area contributed by atoms with Crippen LogP contribution in [0.15, 0.2) is 33.0 Å². The van der Waals surface area contributed by atoms with Crippen molar-refractivity contribution in [3.63, 3.8) is 0 Å². The maximum absolute atomic E-state index is 13.5. The van der Waals surface area contributed by atoms with Gasteiger partial charge in [0.1, 0.15) is 21.7 Å². The van der Waals surface area contributed by atoms with Crippen LogP contribution in [0.25, 0.3) is 0 Å². The van der Waals surface area contributed by atoms with Crippen molar-refractivity contribution in [2.75, 3.05) is 26.1 Å². The van der Waals surface area contributed by atoms with E-state index >= 15 is 0 Å². The number of anilines is 1. The van der Waals surface area contributed by atoms with Crippen molar-refractivity contribution in [1.82, 2.24) is 5.16 Å². The van der Waals surface area contributed by atoms with Gasteiger partial charge in [0.2, 0.25) is 5.78 Å². The average Bonchev–Trinajstić information content (AvgIpc) is 3.43. The Labute approximate surface area is 205 Å². The van der Waals surface area contributed by atoms with Gasteiger partial charge in [-0.3, -0.25) is 4.79 Å². The number of aromatic nitrogens is 1. The SMILES string of the molecule is COc1cc(CC#N)c(C(OC)C(=O)c2sccc2S(=O)(=O)Nc2onc(C)c2Cl)cc1OC. The number of ether oxygens (including phenoxy) is 3. The van der Waals surface area contributed by atoms with E-state index < -0.39 is 21.9 Å². The summed E-state index contributed by atoms with van der Waals surface area (Å²) in [4.78, 5) is 13.2. The van der Waals surface area contributed by atoms with Crippen LogP contribution >= 0.6 is 22.9 Å². The second-order valence-corrected chi connectivity index (χ2v) is 9.80. The van der Waals surface area contributed by atoms with Crippen LogP contribution in [0.4, 0.5) is 5.88 Å². The van der Waals surface area contributed by atoms with Crippen molar-refractivity contribution in [2.45, 2.75) is 24.3 Å². The summed E-state index contributed by atoms with van der Waals surface area (Å²) in [6, 6.07) is 6.45. The fraction of sp³-hybridized carbons (Fsp3) is 0.286. The number of hydrogen-bond donors (Lipinski definition) is 1. The first-order valence-electron chi connectivity index (χ1n) is 9.59. The molecule has 1 atom stereocenters. The van der Waals surface area contributed by atoms with E-state index in [0.717, 1.165) is 11.3 Å². The standard InChI is InChI=1S/C21H20ClN3O7S2/c1-11-17(22)21(32-24-11)25-34(27,28)16-6-8-33-20(16)18(26)19(31-4)13-10-15(30-3)14(29-2)9-12(13)5-7-23/h6,8-10,19,25H,5H2,1-4H3. The minimum atomic E-state index is -4.25. The van der Waals surface area contributed by atoms with Crippen LogP contribution in [0.2, 0.25) is 5.02 Å². The fourth-order valence-electron chi connectivity index (χ4n) is 3.20. The van der Waals surface area contributed by atoms with E-state index in [-0.39, 0.29) is 27.1 Å². The van der Waals surface area contributed by atoms with Gasteiger partial charge in [-0.15, -0.1) is 11.3 Å². The lowest BCUT2D eigenvalue weighted by atomic mass is 9.96. The lowest BCUT2D eigenvalue weighted by molar-refractivity contribution is 0.0602. The van der Waals surface area contributed by atoms with Gasteiger partial charge in [0.15, 0.2) is 11.5 Å². The van der Waals surface area contributed by atoms with Crippen LogP contribution in [0.3, 0.4) is 0 Å². The Balaban J connectivity index is 2.05. The highest BCUT2D eigenvalue weighted by atomic mass is 35.5. The van der Waals surface area contributed by atoms with Gasteiger partial charge in [0.05, 0.1) is 31.6 Å². The lowest BCUT2D eigenvalue weighted by Crippen LogP contribution is -2.20. The summed E-state index contributed by atoms with van der Waals surface area (Å²) >= 11 is 6.95. The number of ketones is 1. The molecule has 2 aromatic heterocycles. The molecular formula is C21H20ClN3O7S2. The Morgan fingerprint density at radius 3 is 2.53 bits per heavy atom. The molecule has 1 N–H and O–H groups in total. The lowest BCUT2D eigenvalue weighted by Gasteiger charge is -2.20. The van der Waals surface area contributed by atoms with Crippen molar-refractivity contribution in [1.29, 1.82) is 5.26 Å². The molecule has 0 saturated carbocycles. The first-order valence-corrected chi connectivity index (χ1v) is 12.3. The second kappa shape index (κ2) is 10.4. The third kappa shape index (κ3) is 4.88. The van der Waals surface area contributed by atoms with Crippen LogP contribution in [0, 0.1) is 18.3 Å². The highest BCUT2D eigenvalue weighted by Gasteiger charge is 2.33. The molecule has 0 bridgehead atoms. The Kier molecular flexibility index (Phi) is 7.83. The molecule has 3 rings (SSSR count). The molecular weight excluding hydrogens is 506 g/mol. The number of nitriles is 1. The number of carbonyl (C=O) groups is 1. The number of sulfonamides is 1. The number of Topliss-reactive ketones (excluding diaryl/α,β-unsaturated/α-hetero) is 1. The number of thiophene rings is 1. The van der Waals surface area contributed by atoms with Gasteiger partial charge in [-0.2, -0.15) is 5.26 Å². The molecule has 0 aliphatic heterocycles. The number of hydrogen-bond acceptors (Lipinski definition) is 10. The smallest absolute Gasteiger partial charge is 0.265 e. The van der Waals surface area contributed by atoms with Gasteiger partial charge in [-0.1, -0.05) is 16.8 Å². The van der Waals surface area contributed by atoms with Crippen LogP contribution in [0.1, 0.15) is 32.6 Å². The normalized spacial score (nSPS) is 12.1. The molecule has 1 unspecified atom stereocenters. The Morgan fingerprint density at radius 2 is 1.97 bits per heavy atom. The highest BCUT2D eigenvalue weighted by Crippen LogP contribution is 2.38. The van der Waals surface area contributed by atoms with Gasteiger partial charge in [-0.05, 0) is 41.6 Å². The van der Waals surface area contributed by atoms with Crippen LogP contribution in [0.5, 0.6) is 11.5 Å². The first kappa shape index (κ1) is 25.5. The summed E-state index contributed by atoms with van der Waals surface area (Å²) in [5, 5.41) is 14.4. The molecule has 10 nitrogen and oxygen atoms in total. The van der Waals surface area contributed by atoms with Gasteiger partial charge in [0, 0.05) is 7.11 Å². The van der Waals surface area contributed by atoms with Gasteiger partial charge in [0.25, 0.3) is 15.9 Å². The predicted octanol–water partition coefficient (Wildman–Crippen LogP) is 4.15. The van der Waals surface area contributed by atoms with Crippen molar-refractivity contribution >= 4 is 44.6 Å². The molecule has 0 fully saturated rings. The quantitative estimate of drug-likeness (QED) is 0.386. The number of nitrogens with zero attached hydrogens (tertiary/aromatic N) is 2. The van der Waals surface area contributed by atoms with Crippen molar-refractivity contribution < 1.29 is 31.9 Å². The number of aryl methyl sites for hydroxylation is 1. The zero-order valence-corrected chi connectivity index (χ0v) is 20.9. The number of methoxy groups -OCH3 is 3. The number of rotatable bonds is 10. The van der Waals surface area contributed by atoms with Crippen LogP contribution < -0.4 is 14.2 Å². The van der Waals surface area contributed by atoms with Gasteiger partial charge < -0.3 is 18.7 Å². The summed E-state index contributed by atoms with van der Waals surface area (Å²) in [5.74, 6) is -0.181. The number of carbonyl (C=O) groups excluding carboxylic acids is 1. The summed E-state index contributed by atoms with van der Waals surface area (Å²) in [5.41, 5.74) is 1.13. The molecule has 0 amide bonds. The molecule has 0 saturated heterocycles. The third-order valence-corrected chi connectivity index (χ3v) is 7.71. The van der Waals surface area contributed by atoms with E-state index in [1.165, 1.54) is 38.8 Å². The summed E-state index contributed by atoms with van der Waals surface area (Å²) in [7, 11) is -0.0609. The fourth-order valence-corrected chi connectivity index (χ4v) is 5.77. The maximum Gasteiger partial charge on any atom is 0.265 e. The molecule has 180 valence electrons. The number of benzene rings is 1. The Hall–Kier alpha value is -3.11. The zero-order chi connectivity index (χ0) is 25.0. The molecule has 0 aliphatic carbocycles. The molecule has 13 heteroatoms.